The number of aromatic nitrogens is 4. The number of amides is 1. The van der Waals surface area contributed by atoms with Gasteiger partial charge in [-0.1, -0.05) is 99.6 Å². The molecule has 1 aliphatic rings. The number of fused-ring (bicyclic) bond motifs is 1. The van der Waals surface area contributed by atoms with Gasteiger partial charge in [-0.2, -0.15) is 0 Å². The summed E-state index contributed by atoms with van der Waals surface area (Å²) in [6, 6.07) is 29.6. The minimum Gasteiger partial charge on any atom is -0.407 e. The van der Waals surface area contributed by atoms with E-state index in [-0.39, 0.29) is 23.4 Å². The highest BCUT2D eigenvalue weighted by Gasteiger charge is 2.51. The van der Waals surface area contributed by atoms with Crippen LogP contribution in [0.1, 0.15) is 43.8 Å². The monoisotopic (exact) mass is 637 g/mol. The van der Waals surface area contributed by atoms with Crippen molar-refractivity contribution in [2.24, 2.45) is 5.92 Å². The number of carbonyl (C=O) groups excluding carboxylic acids is 1. The van der Waals surface area contributed by atoms with E-state index in [9.17, 15) is 15.0 Å². The zero-order chi connectivity index (χ0) is 32.3. The van der Waals surface area contributed by atoms with Crippen molar-refractivity contribution >= 4 is 41.6 Å². The molecule has 11 heteroatoms. The van der Waals surface area contributed by atoms with Gasteiger partial charge in [0.05, 0.1) is 19.0 Å². The number of aliphatic hydroxyl groups excluding tert-OH is 2. The molecule has 1 aliphatic heterocycles. The fraction of sp³-hybridized carbons (Fsp3) is 0.314. The average molecular weight is 638 g/mol. The molecule has 1 fully saturated rings. The van der Waals surface area contributed by atoms with Crippen molar-refractivity contribution in [2.75, 3.05) is 18.5 Å². The summed E-state index contributed by atoms with van der Waals surface area (Å²) in [5.41, 5.74) is 1.24. The second kappa shape index (κ2) is 13.2. The van der Waals surface area contributed by atoms with Gasteiger partial charge in [0, 0.05) is 18.1 Å². The van der Waals surface area contributed by atoms with Crippen LogP contribution in [0.5, 0.6) is 0 Å². The number of benzene rings is 3. The van der Waals surface area contributed by atoms with Crippen LogP contribution in [0.3, 0.4) is 0 Å². The number of carbonyl (C=O) groups is 1. The number of imidazole rings is 1. The van der Waals surface area contributed by atoms with Gasteiger partial charge in [-0.25, -0.2) is 15.0 Å². The number of nitrogens with zero attached hydrogens (tertiary/aromatic N) is 4. The predicted molar refractivity (Wildman–Crippen MR) is 178 cm³/mol. The van der Waals surface area contributed by atoms with Crippen molar-refractivity contribution in [3.8, 4) is 0 Å². The van der Waals surface area contributed by atoms with Gasteiger partial charge in [0.1, 0.15) is 12.4 Å². The van der Waals surface area contributed by atoms with Gasteiger partial charge in [0.2, 0.25) is 0 Å². The molecule has 3 aromatic carbocycles. The average Bonchev–Trinajstić information content (AvgIpc) is 3.64. The Hall–Kier alpha value is -4.26. The summed E-state index contributed by atoms with van der Waals surface area (Å²) in [6.07, 6.45) is 0.941. The van der Waals surface area contributed by atoms with Crippen LogP contribution in [0, 0.1) is 5.92 Å². The molecular weight excluding hydrogens is 599 g/mol. The van der Waals surface area contributed by atoms with E-state index >= 15 is 0 Å². The Balaban J connectivity index is 1.23. The summed E-state index contributed by atoms with van der Waals surface area (Å²) in [6.45, 7) is 6.79. The highest BCUT2D eigenvalue weighted by atomic mass is 28.4. The van der Waals surface area contributed by atoms with E-state index in [1.54, 1.807) is 28.8 Å². The lowest BCUT2D eigenvalue weighted by Crippen LogP contribution is -2.66. The van der Waals surface area contributed by atoms with Crippen molar-refractivity contribution in [3.63, 3.8) is 0 Å². The standard InChI is InChI=1S/C35H39N5O5Si/c1-35(2,3)46(25-15-9-5-10-16-25,26-17-11-6-12-18-26)44-20-19-28-27(21-41)30(42)34(45-28)40-23-38-29-31(36-22-37-32(29)40)39-33(43)24-13-7-4-8-14-24/h4-18,22-23,27-28,30,34,41-42H,19-21H2,1-3H3,(H,36,37,39,43)/t27-,28-,30-,34-/m1/s1. The van der Waals surface area contributed by atoms with E-state index in [1.807, 2.05) is 18.2 Å². The van der Waals surface area contributed by atoms with Crippen LogP contribution in [0.2, 0.25) is 5.04 Å². The Labute approximate surface area is 269 Å². The molecule has 1 saturated heterocycles. The lowest BCUT2D eigenvalue weighted by molar-refractivity contribution is -0.0397. The largest absolute Gasteiger partial charge is 0.407 e. The maximum atomic E-state index is 12.8. The molecule has 0 saturated carbocycles. The fourth-order valence-electron chi connectivity index (χ4n) is 6.52. The van der Waals surface area contributed by atoms with Gasteiger partial charge in [0.15, 0.2) is 23.2 Å². The van der Waals surface area contributed by atoms with E-state index in [2.05, 4.69) is 89.6 Å². The van der Waals surface area contributed by atoms with Gasteiger partial charge in [-0.15, -0.1) is 0 Å². The predicted octanol–water partition coefficient (Wildman–Crippen LogP) is 3.91. The first-order valence-electron chi connectivity index (χ1n) is 15.5. The SMILES string of the molecule is CC(C)(C)[Si](OCC[C@H]1O[C@@H](n2cnc3c(NC(=O)c4ccccc4)ncnc32)[C@H](O)[C@@H]1CO)(c1ccccc1)c1ccccc1. The summed E-state index contributed by atoms with van der Waals surface area (Å²) >= 11 is 0. The van der Waals surface area contributed by atoms with Gasteiger partial charge >= 0.3 is 0 Å². The highest BCUT2D eigenvalue weighted by molar-refractivity contribution is 6.99. The van der Waals surface area contributed by atoms with Crippen molar-refractivity contribution in [1.82, 2.24) is 19.5 Å². The Morgan fingerprint density at radius 3 is 2.13 bits per heavy atom. The van der Waals surface area contributed by atoms with Crippen LogP contribution in [0.15, 0.2) is 104 Å². The molecule has 10 nitrogen and oxygen atoms in total. The van der Waals surface area contributed by atoms with Gasteiger partial charge < -0.3 is 24.7 Å². The van der Waals surface area contributed by atoms with Crippen LogP contribution in [-0.2, 0) is 9.16 Å². The van der Waals surface area contributed by atoms with Crippen molar-refractivity contribution in [1.29, 1.82) is 0 Å². The van der Waals surface area contributed by atoms with E-state index in [1.165, 1.54) is 23.0 Å². The molecule has 46 heavy (non-hydrogen) atoms. The quantitative estimate of drug-likeness (QED) is 0.197. The number of nitrogens with one attached hydrogen (secondary N) is 1. The van der Waals surface area contributed by atoms with Crippen molar-refractivity contribution < 1.29 is 24.2 Å². The van der Waals surface area contributed by atoms with Crippen LogP contribution in [0.4, 0.5) is 5.82 Å². The summed E-state index contributed by atoms with van der Waals surface area (Å²) in [4.78, 5) is 25.9. The smallest absolute Gasteiger partial charge is 0.261 e. The maximum absolute atomic E-state index is 12.8. The second-order valence-corrected chi connectivity index (χ2v) is 16.9. The van der Waals surface area contributed by atoms with Crippen LogP contribution in [-0.4, -0.2) is 69.4 Å². The number of rotatable bonds is 10. The summed E-state index contributed by atoms with van der Waals surface area (Å²) < 4.78 is 15.1. The number of hydrogen-bond acceptors (Lipinski definition) is 8. The molecule has 0 spiro atoms. The molecule has 238 valence electrons. The number of anilines is 1. The molecule has 2 aromatic heterocycles. The first-order valence-corrected chi connectivity index (χ1v) is 17.4. The molecule has 1 amide bonds. The van der Waals surface area contributed by atoms with Gasteiger partial charge in [-0.3, -0.25) is 9.36 Å². The van der Waals surface area contributed by atoms with Crippen LogP contribution < -0.4 is 15.7 Å². The van der Waals surface area contributed by atoms with Crippen LogP contribution >= 0.6 is 0 Å². The Morgan fingerprint density at radius 2 is 1.54 bits per heavy atom. The molecule has 0 radical (unpaired) electrons. The van der Waals surface area contributed by atoms with E-state index in [4.69, 9.17) is 9.16 Å². The summed E-state index contributed by atoms with van der Waals surface area (Å²) in [5.74, 6) is -0.628. The maximum Gasteiger partial charge on any atom is 0.261 e. The number of hydrogen-bond donors (Lipinski definition) is 3. The zero-order valence-corrected chi connectivity index (χ0v) is 27.2. The number of ether oxygens (including phenoxy) is 1. The third kappa shape index (κ3) is 5.88. The topological polar surface area (TPSA) is 132 Å². The Kier molecular flexibility index (Phi) is 9.12. The molecule has 4 atom stereocenters. The third-order valence-corrected chi connectivity index (χ3v) is 13.8. The fourth-order valence-corrected chi connectivity index (χ4v) is 11.1. The highest BCUT2D eigenvalue weighted by Crippen LogP contribution is 2.39. The molecule has 5 aromatic rings. The second-order valence-electron chi connectivity index (χ2n) is 12.6. The normalized spacial score (nSPS) is 20.2. The molecule has 3 heterocycles. The molecular formula is C35H39N5O5Si. The first kappa shape index (κ1) is 31.7. The Morgan fingerprint density at radius 1 is 0.935 bits per heavy atom. The summed E-state index contributed by atoms with van der Waals surface area (Å²) in [5, 5.41) is 26.7. The van der Waals surface area contributed by atoms with E-state index < -0.39 is 32.7 Å². The third-order valence-electron chi connectivity index (χ3n) is 8.77. The molecule has 0 unspecified atom stereocenters. The first-order chi connectivity index (χ1) is 22.2. The zero-order valence-electron chi connectivity index (χ0n) is 26.2. The molecule has 0 aliphatic carbocycles. The minimum atomic E-state index is -2.77. The van der Waals surface area contributed by atoms with E-state index in [0.29, 0.717) is 29.8 Å². The van der Waals surface area contributed by atoms with Crippen molar-refractivity contribution in [3.05, 3.63) is 109 Å². The van der Waals surface area contributed by atoms with Gasteiger partial charge in [0.25, 0.3) is 14.2 Å². The minimum absolute atomic E-state index is 0.187. The Bertz CT molecular complexity index is 1730. The molecule has 3 N–H and O–H groups in total. The van der Waals surface area contributed by atoms with Crippen LogP contribution in [0.25, 0.3) is 11.2 Å². The summed E-state index contributed by atoms with van der Waals surface area (Å²) in [7, 11) is -2.77. The number of aliphatic hydroxyl groups is 2. The lowest BCUT2D eigenvalue weighted by Gasteiger charge is -2.43. The van der Waals surface area contributed by atoms with Crippen molar-refractivity contribution in [2.45, 2.75) is 50.7 Å². The molecule has 6 rings (SSSR count). The molecule has 0 bridgehead atoms. The lowest BCUT2D eigenvalue weighted by atomic mass is 9.97. The van der Waals surface area contributed by atoms with E-state index in [0.717, 1.165) is 0 Å². The van der Waals surface area contributed by atoms with Gasteiger partial charge in [-0.05, 0) is 34.0 Å².